The third-order valence-electron chi connectivity index (χ3n) is 4.66. The van der Waals surface area contributed by atoms with Gasteiger partial charge in [-0.05, 0) is 48.8 Å². The molecule has 0 amide bonds. The maximum atomic E-state index is 3.43. The monoisotopic (exact) mass is 215 g/mol. The van der Waals surface area contributed by atoms with Crippen LogP contribution in [-0.4, -0.2) is 13.6 Å². The summed E-state index contributed by atoms with van der Waals surface area (Å²) in [5.74, 6) is 0.824. The van der Waals surface area contributed by atoms with Crippen molar-refractivity contribution in [1.82, 2.24) is 5.32 Å². The molecule has 0 saturated heterocycles. The zero-order valence-electron chi connectivity index (χ0n) is 10.1. The van der Waals surface area contributed by atoms with E-state index in [0.29, 0.717) is 5.41 Å². The van der Waals surface area contributed by atoms with E-state index in [-0.39, 0.29) is 0 Å². The highest BCUT2D eigenvalue weighted by Crippen LogP contribution is 2.54. The second kappa shape index (κ2) is 3.89. The van der Waals surface area contributed by atoms with Gasteiger partial charge in [0, 0.05) is 6.54 Å². The number of nitrogens with one attached hydrogen (secondary N) is 1. The first kappa shape index (κ1) is 10.3. The lowest BCUT2D eigenvalue weighted by Gasteiger charge is -2.40. The molecule has 0 spiro atoms. The molecule has 2 aliphatic carbocycles. The van der Waals surface area contributed by atoms with Crippen LogP contribution < -0.4 is 5.32 Å². The van der Waals surface area contributed by atoms with Gasteiger partial charge >= 0.3 is 0 Å². The molecule has 1 fully saturated rings. The molecule has 0 aromatic heterocycles. The highest BCUT2D eigenvalue weighted by molar-refractivity contribution is 5.39. The molecule has 1 nitrogen and oxygen atoms in total. The molecule has 3 rings (SSSR count). The van der Waals surface area contributed by atoms with E-state index < -0.39 is 0 Å². The zero-order chi connectivity index (χ0) is 11.0. The Morgan fingerprint density at radius 1 is 1.31 bits per heavy atom. The van der Waals surface area contributed by atoms with Crippen molar-refractivity contribution in [1.29, 1.82) is 0 Å². The average molecular weight is 215 g/mol. The van der Waals surface area contributed by atoms with E-state index in [1.54, 1.807) is 11.1 Å². The first-order valence-electron chi connectivity index (χ1n) is 6.58. The minimum atomic E-state index is 0.538. The Balaban J connectivity index is 2.00. The lowest BCUT2D eigenvalue weighted by Crippen LogP contribution is -2.38. The quantitative estimate of drug-likeness (QED) is 0.799. The Morgan fingerprint density at radius 3 is 3.06 bits per heavy atom. The van der Waals surface area contributed by atoms with Crippen LogP contribution in [0.15, 0.2) is 24.3 Å². The molecule has 2 aliphatic rings. The van der Waals surface area contributed by atoms with Crippen molar-refractivity contribution >= 4 is 0 Å². The number of rotatable bonds is 2. The van der Waals surface area contributed by atoms with Gasteiger partial charge in [0.25, 0.3) is 0 Å². The van der Waals surface area contributed by atoms with Crippen molar-refractivity contribution in [2.24, 2.45) is 5.41 Å². The summed E-state index contributed by atoms with van der Waals surface area (Å²) in [5, 5.41) is 3.43. The van der Waals surface area contributed by atoms with E-state index in [2.05, 4.69) is 36.6 Å². The fourth-order valence-electron chi connectivity index (χ4n) is 4.04. The molecule has 0 heterocycles. The van der Waals surface area contributed by atoms with Crippen molar-refractivity contribution in [3.05, 3.63) is 35.4 Å². The Labute approximate surface area is 98.3 Å². The number of fused-ring (bicyclic) bond motifs is 3. The van der Waals surface area contributed by atoms with Crippen LogP contribution in [0.5, 0.6) is 0 Å². The van der Waals surface area contributed by atoms with E-state index in [0.717, 1.165) is 5.92 Å². The van der Waals surface area contributed by atoms with Crippen LogP contribution in [0.4, 0.5) is 0 Å². The molecule has 1 aromatic carbocycles. The summed E-state index contributed by atoms with van der Waals surface area (Å²) in [6.45, 7) is 1.19. The van der Waals surface area contributed by atoms with Gasteiger partial charge in [0.05, 0.1) is 0 Å². The lowest BCUT2D eigenvalue weighted by molar-refractivity contribution is 0.167. The van der Waals surface area contributed by atoms with Gasteiger partial charge in [-0.1, -0.05) is 37.1 Å². The fourth-order valence-corrected chi connectivity index (χ4v) is 4.04. The molecular formula is C15H21N. The summed E-state index contributed by atoms with van der Waals surface area (Å²) in [5.41, 5.74) is 3.80. The topological polar surface area (TPSA) is 12.0 Å². The highest BCUT2D eigenvalue weighted by atomic mass is 14.8. The van der Waals surface area contributed by atoms with Crippen LogP contribution >= 0.6 is 0 Å². The van der Waals surface area contributed by atoms with Gasteiger partial charge in [-0.3, -0.25) is 0 Å². The van der Waals surface area contributed by atoms with Crippen molar-refractivity contribution in [3.63, 3.8) is 0 Å². The van der Waals surface area contributed by atoms with Crippen LogP contribution in [0.2, 0.25) is 0 Å². The first-order chi connectivity index (χ1) is 7.86. The SMILES string of the molecule is CNC[C@]12CCCC[C@H]1c1ccccc1C2. The van der Waals surface area contributed by atoms with Gasteiger partial charge in [0.2, 0.25) is 0 Å². The van der Waals surface area contributed by atoms with Crippen LogP contribution in [0, 0.1) is 5.41 Å². The molecule has 2 atom stereocenters. The Morgan fingerprint density at radius 2 is 2.19 bits per heavy atom. The summed E-state index contributed by atoms with van der Waals surface area (Å²) in [6.07, 6.45) is 6.96. The predicted octanol–water partition coefficient (Wildman–Crippen LogP) is 3.11. The predicted molar refractivity (Wildman–Crippen MR) is 67.7 cm³/mol. The first-order valence-corrected chi connectivity index (χ1v) is 6.58. The third kappa shape index (κ3) is 1.41. The van der Waals surface area contributed by atoms with Gasteiger partial charge in [0.15, 0.2) is 0 Å². The van der Waals surface area contributed by atoms with E-state index in [1.165, 1.54) is 38.6 Å². The smallest absolute Gasteiger partial charge is 0.00139 e. The number of benzene rings is 1. The second-order valence-corrected chi connectivity index (χ2v) is 5.57. The Hall–Kier alpha value is -0.820. The molecule has 1 heteroatoms. The maximum absolute atomic E-state index is 3.43. The van der Waals surface area contributed by atoms with E-state index in [9.17, 15) is 0 Å². The largest absolute Gasteiger partial charge is 0.319 e. The second-order valence-electron chi connectivity index (χ2n) is 5.57. The average Bonchev–Trinajstić information content (AvgIpc) is 2.63. The minimum absolute atomic E-state index is 0.538. The van der Waals surface area contributed by atoms with Crippen LogP contribution in [0.25, 0.3) is 0 Å². The maximum Gasteiger partial charge on any atom is 0.00139 e. The van der Waals surface area contributed by atoms with Crippen LogP contribution in [-0.2, 0) is 6.42 Å². The van der Waals surface area contributed by atoms with Crippen molar-refractivity contribution < 1.29 is 0 Å². The van der Waals surface area contributed by atoms with Crippen LogP contribution in [0.3, 0.4) is 0 Å². The Bertz CT molecular complexity index is 381. The Kier molecular flexibility index (Phi) is 2.51. The van der Waals surface area contributed by atoms with Crippen molar-refractivity contribution in [3.8, 4) is 0 Å². The number of hydrogen-bond donors (Lipinski definition) is 1. The van der Waals surface area contributed by atoms with Gasteiger partial charge in [-0.25, -0.2) is 0 Å². The van der Waals surface area contributed by atoms with Gasteiger partial charge in [0.1, 0.15) is 0 Å². The molecule has 0 radical (unpaired) electrons. The molecule has 16 heavy (non-hydrogen) atoms. The lowest BCUT2D eigenvalue weighted by atomic mass is 9.67. The summed E-state index contributed by atoms with van der Waals surface area (Å²) < 4.78 is 0. The number of hydrogen-bond acceptors (Lipinski definition) is 1. The molecule has 0 aliphatic heterocycles. The molecule has 1 saturated carbocycles. The molecule has 0 unspecified atom stereocenters. The summed E-state index contributed by atoms with van der Waals surface area (Å²) in [6, 6.07) is 9.11. The third-order valence-corrected chi connectivity index (χ3v) is 4.66. The van der Waals surface area contributed by atoms with Gasteiger partial charge in [-0.15, -0.1) is 0 Å². The van der Waals surface area contributed by atoms with E-state index in [4.69, 9.17) is 0 Å². The normalized spacial score (nSPS) is 32.2. The summed E-state index contributed by atoms with van der Waals surface area (Å²) >= 11 is 0. The molecule has 86 valence electrons. The molecule has 0 bridgehead atoms. The van der Waals surface area contributed by atoms with Gasteiger partial charge in [-0.2, -0.15) is 0 Å². The minimum Gasteiger partial charge on any atom is -0.319 e. The van der Waals surface area contributed by atoms with Crippen molar-refractivity contribution in [2.45, 2.75) is 38.0 Å². The molecular weight excluding hydrogens is 194 g/mol. The van der Waals surface area contributed by atoms with Crippen LogP contribution in [0.1, 0.15) is 42.7 Å². The van der Waals surface area contributed by atoms with E-state index in [1.807, 2.05) is 0 Å². The highest BCUT2D eigenvalue weighted by Gasteiger charge is 2.46. The molecule has 1 N–H and O–H groups in total. The summed E-state index contributed by atoms with van der Waals surface area (Å²) in [7, 11) is 2.10. The molecule has 1 aromatic rings. The summed E-state index contributed by atoms with van der Waals surface area (Å²) in [4.78, 5) is 0. The zero-order valence-corrected chi connectivity index (χ0v) is 10.1. The standard InChI is InChI=1S/C15H21N/c1-16-11-15-9-5-4-8-14(15)13-7-3-2-6-12(13)10-15/h2-3,6-7,14,16H,4-5,8-11H2,1H3/t14-,15+/m0/s1. The van der Waals surface area contributed by atoms with Gasteiger partial charge < -0.3 is 5.32 Å². The fraction of sp³-hybridized carbons (Fsp3) is 0.600. The van der Waals surface area contributed by atoms with E-state index >= 15 is 0 Å². The van der Waals surface area contributed by atoms with Crippen molar-refractivity contribution in [2.75, 3.05) is 13.6 Å².